The predicted molar refractivity (Wildman–Crippen MR) is 124 cm³/mol. The van der Waals surface area contributed by atoms with Crippen LogP contribution in [0.4, 0.5) is 5.69 Å². The Morgan fingerprint density at radius 2 is 1.56 bits per heavy atom. The van der Waals surface area contributed by atoms with Gasteiger partial charge in [0.1, 0.15) is 0 Å². The maximum absolute atomic E-state index is 12.7. The summed E-state index contributed by atoms with van der Waals surface area (Å²) in [5.41, 5.74) is 3.58. The third kappa shape index (κ3) is 3.96. The molecule has 0 atom stereocenters. The van der Waals surface area contributed by atoms with Gasteiger partial charge in [0.2, 0.25) is 0 Å². The summed E-state index contributed by atoms with van der Waals surface area (Å²) >= 11 is 0. The summed E-state index contributed by atoms with van der Waals surface area (Å²) in [5, 5.41) is 0. The van der Waals surface area contributed by atoms with Gasteiger partial charge in [-0.1, -0.05) is 42.5 Å². The average Bonchev–Trinajstić information content (AvgIpc) is 3.12. The molecule has 34 heavy (non-hydrogen) atoms. The fourth-order valence-electron chi connectivity index (χ4n) is 4.44. The number of benzene rings is 3. The molecule has 2 aliphatic rings. The van der Waals surface area contributed by atoms with Crippen LogP contribution in [0.3, 0.4) is 0 Å². The lowest BCUT2D eigenvalue weighted by molar-refractivity contribution is -0.121. The van der Waals surface area contributed by atoms with Crippen LogP contribution in [0.25, 0.3) is 0 Å². The second-order valence-electron chi connectivity index (χ2n) is 8.30. The van der Waals surface area contributed by atoms with E-state index in [2.05, 4.69) is 0 Å². The van der Waals surface area contributed by atoms with E-state index in [4.69, 9.17) is 4.74 Å². The van der Waals surface area contributed by atoms with E-state index in [0.717, 1.165) is 29.0 Å². The van der Waals surface area contributed by atoms with Crippen molar-refractivity contribution in [1.29, 1.82) is 0 Å². The minimum absolute atomic E-state index is 0.0386. The van der Waals surface area contributed by atoms with Gasteiger partial charge in [0.05, 0.1) is 23.2 Å². The first-order valence-electron chi connectivity index (χ1n) is 11.1. The Bertz CT molecular complexity index is 1280. The lowest BCUT2D eigenvalue weighted by Crippen LogP contribution is -2.38. The molecule has 0 N–H and O–H groups in total. The fraction of sp³-hybridized carbons (Fsp3) is 0.185. The van der Waals surface area contributed by atoms with Gasteiger partial charge in [-0.15, -0.1) is 0 Å². The van der Waals surface area contributed by atoms with Crippen LogP contribution in [0.1, 0.15) is 48.6 Å². The monoisotopic (exact) mass is 454 g/mol. The molecule has 3 aromatic rings. The number of carbonyl (C=O) groups excluding carboxylic acids is 4. The van der Waals surface area contributed by atoms with E-state index in [0.29, 0.717) is 23.2 Å². The van der Waals surface area contributed by atoms with Gasteiger partial charge < -0.3 is 9.64 Å². The molecule has 3 aromatic carbocycles. The number of amides is 3. The Hall–Kier alpha value is -4.26. The van der Waals surface area contributed by atoms with E-state index < -0.39 is 5.97 Å². The van der Waals surface area contributed by atoms with Crippen LogP contribution in [0, 0.1) is 0 Å². The van der Waals surface area contributed by atoms with Gasteiger partial charge >= 0.3 is 5.97 Å². The molecule has 0 fully saturated rings. The van der Waals surface area contributed by atoms with Crippen molar-refractivity contribution in [2.75, 3.05) is 18.1 Å². The molecule has 7 heteroatoms. The molecule has 2 heterocycles. The number of aryl methyl sites for hydroxylation is 1. The van der Waals surface area contributed by atoms with Gasteiger partial charge in [-0.2, -0.15) is 0 Å². The molecular weight excluding hydrogens is 432 g/mol. The van der Waals surface area contributed by atoms with Crippen molar-refractivity contribution in [3.63, 3.8) is 0 Å². The maximum Gasteiger partial charge on any atom is 0.338 e. The van der Waals surface area contributed by atoms with E-state index in [-0.39, 0.29) is 36.4 Å². The first-order valence-corrected chi connectivity index (χ1v) is 11.1. The van der Waals surface area contributed by atoms with Crippen LogP contribution in [-0.4, -0.2) is 41.7 Å². The number of imide groups is 1. The molecular formula is C27H22N2O5. The Morgan fingerprint density at radius 3 is 2.32 bits per heavy atom. The predicted octanol–water partition coefficient (Wildman–Crippen LogP) is 3.62. The van der Waals surface area contributed by atoms with Crippen LogP contribution in [-0.2, 0) is 22.5 Å². The molecule has 170 valence electrons. The largest absolute Gasteiger partial charge is 0.452 e. The molecule has 0 saturated heterocycles. The summed E-state index contributed by atoms with van der Waals surface area (Å²) in [7, 11) is 0. The van der Waals surface area contributed by atoms with Crippen molar-refractivity contribution >= 4 is 29.4 Å². The zero-order valence-electron chi connectivity index (χ0n) is 18.4. The molecule has 0 unspecified atom stereocenters. The summed E-state index contributed by atoms with van der Waals surface area (Å²) < 4.78 is 5.30. The van der Waals surface area contributed by atoms with Crippen molar-refractivity contribution in [2.45, 2.75) is 19.4 Å². The number of ether oxygens (including phenoxy) is 1. The lowest BCUT2D eigenvalue weighted by atomic mass is 10.0. The molecule has 0 aliphatic carbocycles. The van der Waals surface area contributed by atoms with Gasteiger partial charge in [0.15, 0.2) is 6.61 Å². The van der Waals surface area contributed by atoms with Gasteiger partial charge in [-0.3, -0.25) is 19.3 Å². The van der Waals surface area contributed by atoms with Gasteiger partial charge in [0.25, 0.3) is 17.7 Å². The Kier molecular flexibility index (Phi) is 5.67. The highest BCUT2D eigenvalue weighted by molar-refractivity contribution is 6.21. The zero-order chi connectivity index (χ0) is 23.7. The number of hydrogen-bond acceptors (Lipinski definition) is 5. The minimum Gasteiger partial charge on any atom is -0.452 e. The first kappa shape index (κ1) is 21.6. The zero-order valence-corrected chi connectivity index (χ0v) is 18.4. The summed E-state index contributed by atoms with van der Waals surface area (Å²) in [6.45, 7) is 0.260. The normalized spacial score (nSPS) is 14.6. The van der Waals surface area contributed by atoms with E-state index in [1.807, 2.05) is 24.3 Å². The van der Waals surface area contributed by atoms with Crippen LogP contribution >= 0.6 is 0 Å². The summed E-state index contributed by atoms with van der Waals surface area (Å²) in [5.74, 6) is -1.63. The van der Waals surface area contributed by atoms with E-state index in [1.54, 1.807) is 53.4 Å². The van der Waals surface area contributed by atoms with Crippen molar-refractivity contribution in [3.8, 4) is 0 Å². The van der Waals surface area contributed by atoms with Crippen molar-refractivity contribution in [2.24, 2.45) is 0 Å². The van der Waals surface area contributed by atoms with Crippen molar-refractivity contribution in [3.05, 3.63) is 101 Å². The number of anilines is 1. The smallest absolute Gasteiger partial charge is 0.338 e. The summed E-state index contributed by atoms with van der Waals surface area (Å²) in [6.07, 6.45) is 1.77. The molecule has 0 aromatic heterocycles. The molecule has 0 radical (unpaired) electrons. The summed E-state index contributed by atoms with van der Waals surface area (Å²) in [6, 6.07) is 21.0. The van der Waals surface area contributed by atoms with Crippen LogP contribution < -0.4 is 4.90 Å². The number of fused-ring (bicyclic) bond motifs is 2. The second-order valence-corrected chi connectivity index (χ2v) is 8.30. The average molecular weight is 454 g/mol. The number of para-hydroxylation sites is 1. The number of hydrogen-bond donors (Lipinski definition) is 0. The molecule has 0 bridgehead atoms. The van der Waals surface area contributed by atoms with E-state index in [1.165, 1.54) is 0 Å². The number of carbonyl (C=O) groups is 4. The highest BCUT2D eigenvalue weighted by Crippen LogP contribution is 2.27. The molecule has 0 saturated carbocycles. The third-order valence-corrected chi connectivity index (χ3v) is 6.12. The number of esters is 1. The van der Waals surface area contributed by atoms with Gasteiger partial charge in [-0.25, -0.2) is 4.79 Å². The lowest BCUT2D eigenvalue weighted by Gasteiger charge is -2.29. The van der Waals surface area contributed by atoms with Crippen LogP contribution in [0.5, 0.6) is 0 Å². The molecule has 2 aliphatic heterocycles. The highest BCUT2D eigenvalue weighted by Gasteiger charge is 2.35. The Balaban J connectivity index is 1.24. The second kappa shape index (κ2) is 8.94. The number of nitrogens with zero attached hydrogens (tertiary/aromatic N) is 2. The maximum atomic E-state index is 12.7. The first-order chi connectivity index (χ1) is 16.5. The third-order valence-electron chi connectivity index (χ3n) is 6.12. The van der Waals surface area contributed by atoms with Crippen molar-refractivity contribution in [1.82, 2.24) is 4.90 Å². The number of rotatable bonds is 5. The van der Waals surface area contributed by atoms with Crippen LogP contribution in [0.15, 0.2) is 72.8 Å². The Morgan fingerprint density at radius 1 is 0.853 bits per heavy atom. The SMILES string of the molecule is O=C(OCC(=O)N1CCCc2ccccc21)c1cccc(CN2C(=O)c3ccccc3C2=O)c1. The van der Waals surface area contributed by atoms with Gasteiger partial charge in [-0.05, 0) is 54.3 Å². The highest BCUT2D eigenvalue weighted by atomic mass is 16.5. The van der Waals surface area contributed by atoms with E-state index in [9.17, 15) is 19.2 Å². The fourth-order valence-corrected chi connectivity index (χ4v) is 4.44. The van der Waals surface area contributed by atoms with Gasteiger partial charge in [0, 0.05) is 12.2 Å². The molecule has 5 rings (SSSR count). The topological polar surface area (TPSA) is 84.0 Å². The minimum atomic E-state index is -0.636. The quantitative estimate of drug-likeness (QED) is 0.434. The molecule has 0 spiro atoms. The van der Waals surface area contributed by atoms with Crippen LogP contribution in [0.2, 0.25) is 0 Å². The Labute approximate surface area is 196 Å². The van der Waals surface area contributed by atoms with E-state index >= 15 is 0 Å². The standard InChI is InChI=1S/C27H22N2O5/c30-24(28-14-6-10-19-8-1-4-13-23(19)28)17-34-27(33)20-9-5-7-18(15-20)16-29-25(31)21-11-2-3-12-22(21)26(29)32/h1-5,7-9,11-13,15H,6,10,14,16-17H2. The summed E-state index contributed by atoms with van der Waals surface area (Å²) in [4.78, 5) is 53.4. The molecule has 7 nitrogen and oxygen atoms in total. The van der Waals surface area contributed by atoms with Crippen molar-refractivity contribution < 1.29 is 23.9 Å². The molecule has 3 amide bonds.